The van der Waals surface area contributed by atoms with Crippen molar-refractivity contribution in [3.05, 3.63) is 73.2 Å². The van der Waals surface area contributed by atoms with Crippen molar-refractivity contribution in [1.82, 2.24) is 19.9 Å². The number of aromatic nitrogens is 4. The zero-order valence-electron chi connectivity index (χ0n) is 14.7. The van der Waals surface area contributed by atoms with Gasteiger partial charge < -0.3 is 9.72 Å². The Morgan fingerprint density at radius 2 is 1.67 bits per heavy atom. The predicted molar refractivity (Wildman–Crippen MR) is 107 cm³/mol. The normalized spacial score (nSPS) is 11.1. The molecule has 0 unspecified atom stereocenters. The van der Waals surface area contributed by atoms with Crippen LogP contribution in [0.15, 0.2) is 73.2 Å². The minimum Gasteiger partial charge on any atom is -0.497 e. The first-order valence-electron chi connectivity index (χ1n) is 8.65. The number of nitrogens with zero attached hydrogens (tertiary/aromatic N) is 3. The van der Waals surface area contributed by atoms with Gasteiger partial charge in [0, 0.05) is 29.0 Å². The van der Waals surface area contributed by atoms with Gasteiger partial charge >= 0.3 is 0 Å². The lowest BCUT2D eigenvalue weighted by molar-refractivity contribution is 0.415. The zero-order valence-corrected chi connectivity index (χ0v) is 14.7. The predicted octanol–water partition coefficient (Wildman–Crippen LogP) is 4.85. The van der Waals surface area contributed by atoms with E-state index < -0.39 is 0 Å². The van der Waals surface area contributed by atoms with Crippen LogP contribution in [-0.4, -0.2) is 27.0 Å². The Hall–Kier alpha value is -3.73. The number of fused-ring (bicyclic) bond motifs is 2. The Balaban J connectivity index is 1.54. The highest BCUT2D eigenvalue weighted by Gasteiger charge is 2.07. The number of pyridine rings is 1. The summed E-state index contributed by atoms with van der Waals surface area (Å²) >= 11 is 0. The number of hydrogen-bond donors (Lipinski definition) is 1. The summed E-state index contributed by atoms with van der Waals surface area (Å²) in [6.45, 7) is 0. The van der Waals surface area contributed by atoms with Crippen LogP contribution in [0.1, 0.15) is 0 Å². The second-order valence-corrected chi connectivity index (χ2v) is 6.33. The van der Waals surface area contributed by atoms with Crippen LogP contribution in [0.25, 0.3) is 44.5 Å². The number of nitrogens with one attached hydrogen (secondary N) is 1. The molecule has 0 saturated heterocycles. The van der Waals surface area contributed by atoms with E-state index in [1.807, 2.05) is 42.7 Å². The van der Waals surface area contributed by atoms with Crippen molar-refractivity contribution in [3.63, 3.8) is 0 Å². The summed E-state index contributed by atoms with van der Waals surface area (Å²) in [4.78, 5) is 17.0. The molecule has 0 atom stereocenters. The maximum atomic E-state index is 5.20. The summed E-state index contributed by atoms with van der Waals surface area (Å²) in [6, 6.07) is 18.2. The lowest BCUT2D eigenvalue weighted by Crippen LogP contribution is -1.92. The molecule has 27 heavy (non-hydrogen) atoms. The fourth-order valence-corrected chi connectivity index (χ4v) is 3.19. The summed E-state index contributed by atoms with van der Waals surface area (Å²) in [6.07, 6.45) is 5.58. The van der Waals surface area contributed by atoms with Gasteiger partial charge in [0.05, 0.1) is 19.0 Å². The first kappa shape index (κ1) is 15.5. The Labute approximate surface area is 155 Å². The van der Waals surface area contributed by atoms with Crippen molar-refractivity contribution in [2.75, 3.05) is 7.11 Å². The number of H-pyrrole nitrogens is 1. The highest BCUT2D eigenvalue weighted by Crippen LogP contribution is 2.26. The largest absolute Gasteiger partial charge is 0.497 e. The fourth-order valence-electron chi connectivity index (χ4n) is 3.19. The number of aromatic amines is 1. The average molecular weight is 352 g/mol. The Morgan fingerprint density at radius 3 is 2.52 bits per heavy atom. The van der Waals surface area contributed by atoms with Gasteiger partial charge in [0.2, 0.25) is 0 Å². The van der Waals surface area contributed by atoms with E-state index in [1.54, 1.807) is 13.3 Å². The van der Waals surface area contributed by atoms with E-state index in [2.05, 4.69) is 44.2 Å². The first-order valence-corrected chi connectivity index (χ1v) is 8.65. The molecule has 5 nitrogen and oxygen atoms in total. The molecule has 0 aliphatic heterocycles. The number of ether oxygens (including phenoxy) is 1. The molecular weight excluding hydrogens is 336 g/mol. The van der Waals surface area contributed by atoms with E-state index in [1.165, 1.54) is 5.39 Å². The number of methoxy groups -OCH3 is 1. The lowest BCUT2D eigenvalue weighted by Gasteiger charge is -2.06. The standard InChI is InChI=1S/C22H16N4O/c1-27-18-5-2-14(3-6-18)21-13-24-20-11-17(12-25-22(20)26-21)15-4-7-19-16(10-15)8-9-23-19/h2-13,23H,1H3. The Bertz CT molecular complexity index is 1260. The molecule has 0 radical (unpaired) electrons. The minimum atomic E-state index is 0.634. The molecule has 1 N–H and O–H groups in total. The molecule has 2 aromatic carbocycles. The van der Waals surface area contributed by atoms with E-state index in [0.29, 0.717) is 5.65 Å². The molecular formula is C22H16N4O. The second kappa shape index (κ2) is 6.21. The molecule has 0 saturated carbocycles. The number of hydrogen-bond acceptors (Lipinski definition) is 4. The molecule has 3 heterocycles. The van der Waals surface area contributed by atoms with Gasteiger partial charge in [-0.1, -0.05) is 6.07 Å². The molecule has 0 fully saturated rings. The van der Waals surface area contributed by atoms with E-state index >= 15 is 0 Å². The highest BCUT2D eigenvalue weighted by molar-refractivity contribution is 5.86. The molecule has 0 spiro atoms. The molecule has 5 heteroatoms. The highest BCUT2D eigenvalue weighted by atomic mass is 16.5. The topological polar surface area (TPSA) is 63.7 Å². The van der Waals surface area contributed by atoms with Crippen LogP contribution in [0, 0.1) is 0 Å². The number of benzene rings is 2. The summed E-state index contributed by atoms with van der Waals surface area (Å²) in [5, 5.41) is 1.17. The van der Waals surface area contributed by atoms with E-state index in [9.17, 15) is 0 Å². The van der Waals surface area contributed by atoms with Crippen LogP contribution >= 0.6 is 0 Å². The van der Waals surface area contributed by atoms with Gasteiger partial charge in [-0.15, -0.1) is 0 Å². The van der Waals surface area contributed by atoms with Crippen molar-refractivity contribution in [2.24, 2.45) is 0 Å². The van der Waals surface area contributed by atoms with Crippen LogP contribution in [0.3, 0.4) is 0 Å². The van der Waals surface area contributed by atoms with Crippen LogP contribution in [0.2, 0.25) is 0 Å². The van der Waals surface area contributed by atoms with Crippen molar-refractivity contribution in [3.8, 4) is 28.1 Å². The van der Waals surface area contributed by atoms with Crippen molar-refractivity contribution in [1.29, 1.82) is 0 Å². The van der Waals surface area contributed by atoms with Gasteiger partial charge in [-0.05, 0) is 59.5 Å². The van der Waals surface area contributed by atoms with Crippen LogP contribution in [0.5, 0.6) is 5.75 Å². The second-order valence-electron chi connectivity index (χ2n) is 6.33. The van der Waals surface area contributed by atoms with Crippen LogP contribution in [-0.2, 0) is 0 Å². The van der Waals surface area contributed by atoms with Gasteiger partial charge in [0.1, 0.15) is 11.3 Å². The first-order chi connectivity index (χ1) is 13.3. The minimum absolute atomic E-state index is 0.634. The molecule has 0 bridgehead atoms. The number of rotatable bonds is 3. The van der Waals surface area contributed by atoms with Crippen LogP contribution < -0.4 is 4.74 Å². The molecule has 3 aromatic heterocycles. The van der Waals surface area contributed by atoms with E-state index in [0.717, 1.165) is 39.2 Å². The van der Waals surface area contributed by atoms with Gasteiger partial charge in [0.25, 0.3) is 0 Å². The zero-order chi connectivity index (χ0) is 18.2. The smallest absolute Gasteiger partial charge is 0.178 e. The fraction of sp³-hybridized carbons (Fsp3) is 0.0455. The third kappa shape index (κ3) is 2.79. The summed E-state index contributed by atoms with van der Waals surface area (Å²) in [5.41, 5.74) is 6.44. The SMILES string of the molecule is COc1ccc(-c2cnc3cc(-c4ccc5[nH]ccc5c4)cnc3n2)cc1. The van der Waals surface area contributed by atoms with Gasteiger partial charge in [-0.25, -0.2) is 9.97 Å². The molecule has 5 aromatic rings. The average Bonchev–Trinajstić information content (AvgIpc) is 3.21. The monoisotopic (exact) mass is 352 g/mol. The van der Waals surface area contributed by atoms with E-state index in [-0.39, 0.29) is 0 Å². The third-order valence-electron chi connectivity index (χ3n) is 4.67. The van der Waals surface area contributed by atoms with Crippen molar-refractivity contribution in [2.45, 2.75) is 0 Å². The van der Waals surface area contributed by atoms with Gasteiger partial charge in [-0.2, -0.15) is 0 Å². The van der Waals surface area contributed by atoms with E-state index in [4.69, 9.17) is 4.74 Å². The molecule has 0 amide bonds. The molecule has 5 rings (SSSR count). The van der Waals surface area contributed by atoms with Crippen LogP contribution in [0.4, 0.5) is 0 Å². The Morgan fingerprint density at radius 1 is 0.815 bits per heavy atom. The summed E-state index contributed by atoms with van der Waals surface area (Å²) in [5.74, 6) is 0.814. The maximum absolute atomic E-state index is 5.20. The Kier molecular flexibility index (Phi) is 3.57. The summed E-state index contributed by atoms with van der Waals surface area (Å²) < 4.78 is 5.20. The maximum Gasteiger partial charge on any atom is 0.178 e. The molecule has 0 aliphatic carbocycles. The van der Waals surface area contributed by atoms with Gasteiger partial charge in [-0.3, -0.25) is 4.98 Å². The third-order valence-corrected chi connectivity index (χ3v) is 4.67. The molecule has 130 valence electrons. The lowest BCUT2D eigenvalue weighted by atomic mass is 10.1. The molecule has 0 aliphatic rings. The van der Waals surface area contributed by atoms with Gasteiger partial charge in [0.15, 0.2) is 5.65 Å². The summed E-state index contributed by atoms with van der Waals surface area (Å²) in [7, 11) is 1.65. The quantitative estimate of drug-likeness (QED) is 0.504. The van der Waals surface area contributed by atoms with Crippen molar-refractivity contribution < 1.29 is 4.74 Å². The van der Waals surface area contributed by atoms with Crippen molar-refractivity contribution >= 4 is 22.1 Å².